The van der Waals surface area contributed by atoms with E-state index < -0.39 is 14.2 Å². The van der Waals surface area contributed by atoms with E-state index in [-0.39, 0.29) is 0 Å². The van der Waals surface area contributed by atoms with Crippen LogP contribution in [0, 0.1) is 0 Å². The van der Waals surface area contributed by atoms with E-state index in [0.29, 0.717) is 0 Å². The van der Waals surface area contributed by atoms with E-state index in [0.717, 1.165) is 0 Å². The summed E-state index contributed by atoms with van der Waals surface area (Å²) in [7, 11) is -1.28. The van der Waals surface area contributed by atoms with Gasteiger partial charge >= 0.3 is 8.25 Å². The van der Waals surface area contributed by atoms with Crippen LogP contribution in [-0.4, -0.2) is 13.0 Å². The highest BCUT2D eigenvalue weighted by atomic mass is 31.1. The molecule has 0 spiro atoms. The summed E-state index contributed by atoms with van der Waals surface area (Å²) in [6.45, 7) is 1.24. The molecule has 0 aliphatic heterocycles. The molecule has 1 atom stereocenters. The van der Waals surface area contributed by atoms with Gasteiger partial charge in [0.2, 0.25) is 5.91 Å². The second kappa shape index (κ2) is 4.49. The van der Waals surface area contributed by atoms with Crippen LogP contribution < -0.4 is 5.48 Å². The summed E-state index contributed by atoms with van der Waals surface area (Å²) in [5.41, 5.74) is 1.87. The van der Waals surface area contributed by atoms with Gasteiger partial charge in [-0.15, -0.1) is 0 Å². The van der Waals surface area contributed by atoms with Gasteiger partial charge in [0.05, 0.1) is 0 Å². The first kappa shape index (κ1) is 8.62. The highest BCUT2D eigenvalue weighted by Crippen LogP contribution is 2.18. The summed E-state index contributed by atoms with van der Waals surface area (Å²) < 4.78 is 18.6. The molecule has 0 heterocycles. The number of hydrogen-bond donors (Lipinski definition) is 1. The number of carbonyl (C=O) groups excluding carboxylic acids is 1. The second-order valence-electron chi connectivity index (χ2n) is 1.21. The zero-order valence-electron chi connectivity index (χ0n) is 5.13. The highest BCUT2D eigenvalue weighted by molar-refractivity contribution is 7.33. The lowest BCUT2D eigenvalue weighted by Crippen LogP contribution is -2.16. The van der Waals surface area contributed by atoms with Crippen LogP contribution in [0.5, 0.6) is 0 Å². The average Bonchev–Trinajstić information content (AvgIpc) is 1.83. The first-order chi connectivity index (χ1) is 4.16. The van der Waals surface area contributed by atoms with E-state index in [1.807, 2.05) is 5.48 Å². The van der Waals surface area contributed by atoms with Gasteiger partial charge < -0.3 is 4.52 Å². The van der Waals surface area contributed by atoms with E-state index in [1.165, 1.54) is 14.0 Å². The van der Waals surface area contributed by atoms with Crippen LogP contribution in [0.2, 0.25) is 0 Å². The van der Waals surface area contributed by atoms with Crippen molar-refractivity contribution in [1.82, 2.24) is 5.48 Å². The number of hydroxylamine groups is 1. The van der Waals surface area contributed by atoms with Gasteiger partial charge in [0.25, 0.3) is 0 Å². The van der Waals surface area contributed by atoms with Gasteiger partial charge in [0.1, 0.15) is 0 Å². The SMILES string of the molecule is CO[PH](=O)ONC(C)=O. The molecule has 0 saturated heterocycles. The molecule has 0 aromatic rings. The zero-order chi connectivity index (χ0) is 7.28. The standard InChI is InChI=1S/C3H8NO4P/c1-3(5)4-8-9(6)7-2/h9H,1-2H3,(H,4,5). The fraction of sp³-hybridized carbons (Fsp3) is 0.667. The molecule has 1 unspecified atom stereocenters. The largest absolute Gasteiger partial charge is 0.340 e. The maximum atomic E-state index is 10.2. The van der Waals surface area contributed by atoms with Gasteiger partial charge in [-0.2, -0.15) is 4.62 Å². The van der Waals surface area contributed by atoms with E-state index in [9.17, 15) is 9.36 Å². The van der Waals surface area contributed by atoms with Gasteiger partial charge in [0, 0.05) is 14.0 Å². The predicted octanol–water partition coefficient (Wildman–Crippen LogP) is 0.0902. The van der Waals surface area contributed by atoms with E-state index in [2.05, 4.69) is 9.15 Å². The molecular formula is C3H8NO4P. The lowest BCUT2D eigenvalue weighted by Gasteiger charge is -1.98. The van der Waals surface area contributed by atoms with Crippen LogP contribution in [0.3, 0.4) is 0 Å². The number of rotatable bonds is 3. The molecule has 0 aromatic heterocycles. The quantitative estimate of drug-likeness (QED) is 0.461. The van der Waals surface area contributed by atoms with E-state index in [1.54, 1.807) is 0 Å². The van der Waals surface area contributed by atoms with Crippen LogP contribution in [0.1, 0.15) is 6.92 Å². The third-order valence-electron chi connectivity index (χ3n) is 0.445. The van der Waals surface area contributed by atoms with Crippen LogP contribution in [-0.2, 0) is 18.5 Å². The minimum Gasteiger partial charge on any atom is -0.313 e. The van der Waals surface area contributed by atoms with Crippen LogP contribution in [0.15, 0.2) is 0 Å². The Morgan fingerprint density at radius 1 is 1.67 bits per heavy atom. The molecule has 0 aromatic carbocycles. The summed E-state index contributed by atoms with van der Waals surface area (Å²) in [5, 5.41) is 0. The molecular weight excluding hydrogens is 145 g/mol. The Morgan fingerprint density at radius 2 is 2.22 bits per heavy atom. The molecule has 1 amide bonds. The average molecular weight is 153 g/mol. The summed E-state index contributed by atoms with van der Waals surface area (Å²) >= 11 is 0. The van der Waals surface area contributed by atoms with E-state index >= 15 is 0 Å². The first-order valence-electron chi connectivity index (χ1n) is 2.18. The summed E-state index contributed by atoms with van der Waals surface area (Å²) in [4.78, 5) is 10.0. The molecule has 6 heteroatoms. The second-order valence-corrected chi connectivity index (χ2v) is 2.33. The molecule has 0 rings (SSSR count). The van der Waals surface area contributed by atoms with Gasteiger partial charge in [-0.05, 0) is 0 Å². The summed E-state index contributed by atoms with van der Waals surface area (Å²) in [6, 6.07) is 0. The number of amides is 1. The van der Waals surface area contributed by atoms with Crippen LogP contribution >= 0.6 is 8.25 Å². The minimum atomic E-state index is -2.51. The lowest BCUT2D eigenvalue weighted by atomic mass is 10.8. The van der Waals surface area contributed by atoms with Gasteiger partial charge in [-0.1, -0.05) is 0 Å². The van der Waals surface area contributed by atoms with Crippen molar-refractivity contribution in [1.29, 1.82) is 0 Å². The summed E-state index contributed by atoms with van der Waals surface area (Å²) in [6.07, 6.45) is 0. The van der Waals surface area contributed by atoms with Crippen LogP contribution in [0.25, 0.3) is 0 Å². The molecule has 0 aliphatic carbocycles. The Kier molecular flexibility index (Phi) is 4.30. The first-order valence-corrected chi connectivity index (χ1v) is 3.40. The van der Waals surface area contributed by atoms with Crippen molar-refractivity contribution in [2.75, 3.05) is 7.11 Å². The molecule has 0 bridgehead atoms. The Hall–Kier alpha value is -0.380. The molecule has 0 saturated carbocycles. The minimum absolute atomic E-state index is 0.412. The number of nitrogens with one attached hydrogen (secondary N) is 1. The molecule has 0 radical (unpaired) electrons. The molecule has 0 aliphatic rings. The number of hydrogen-bond acceptors (Lipinski definition) is 4. The third-order valence-corrected chi connectivity index (χ3v) is 1.05. The summed E-state index contributed by atoms with van der Waals surface area (Å²) in [5.74, 6) is -0.412. The molecule has 5 nitrogen and oxygen atoms in total. The fourth-order valence-corrected chi connectivity index (χ4v) is 0.466. The predicted molar refractivity (Wildman–Crippen MR) is 30.9 cm³/mol. The van der Waals surface area contributed by atoms with Crippen molar-refractivity contribution in [2.24, 2.45) is 0 Å². The normalized spacial score (nSPS) is 12.7. The highest BCUT2D eigenvalue weighted by Gasteiger charge is 1.95. The lowest BCUT2D eigenvalue weighted by molar-refractivity contribution is -0.125. The Morgan fingerprint density at radius 3 is 2.56 bits per heavy atom. The zero-order valence-corrected chi connectivity index (χ0v) is 6.13. The Bertz CT molecular complexity index is 125. The molecule has 1 N–H and O–H groups in total. The van der Waals surface area contributed by atoms with Crippen molar-refractivity contribution in [3.8, 4) is 0 Å². The van der Waals surface area contributed by atoms with Crippen molar-refractivity contribution >= 4 is 14.2 Å². The monoisotopic (exact) mass is 153 g/mol. The maximum Gasteiger partial charge on any atom is 0.340 e. The van der Waals surface area contributed by atoms with Gasteiger partial charge in [-0.25, -0.2) is 5.48 Å². The van der Waals surface area contributed by atoms with Crippen molar-refractivity contribution in [2.45, 2.75) is 6.92 Å². The molecule has 54 valence electrons. The number of carbonyl (C=O) groups is 1. The molecule has 9 heavy (non-hydrogen) atoms. The van der Waals surface area contributed by atoms with E-state index in [4.69, 9.17) is 0 Å². The third kappa shape index (κ3) is 5.49. The van der Waals surface area contributed by atoms with Crippen LogP contribution in [0.4, 0.5) is 0 Å². The topological polar surface area (TPSA) is 64.6 Å². The van der Waals surface area contributed by atoms with Crippen molar-refractivity contribution < 1.29 is 18.5 Å². The van der Waals surface area contributed by atoms with Crippen molar-refractivity contribution in [3.63, 3.8) is 0 Å². The maximum absolute atomic E-state index is 10.2. The Balaban J connectivity index is 3.28. The smallest absolute Gasteiger partial charge is 0.313 e. The Labute approximate surface area is 53.2 Å². The molecule has 0 fully saturated rings. The van der Waals surface area contributed by atoms with Crippen molar-refractivity contribution in [3.05, 3.63) is 0 Å². The van der Waals surface area contributed by atoms with Gasteiger partial charge in [0.15, 0.2) is 0 Å². The van der Waals surface area contributed by atoms with Gasteiger partial charge in [-0.3, -0.25) is 9.36 Å². The fourth-order valence-electron chi connectivity index (χ4n) is 0.155.